The van der Waals surface area contributed by atoms with Crippen molar-refractivity contribution in [2.24, 2.45) is 11.8 Å². The minimum absolute atomic E-state index is 0.380. The number of nitrogens with zero attached hydrogens (tertiary/aromatic N) is 1. The van der Waals surface area contributed by atoms with Gasteiger partial charge in [-0.15, -0.1) is 0 Å². The van der Waals surface area contributed by atoms with E-state index in [1.165, 1.54) is 61.8 Å². The summed E-state index contributed by atoms with van der Waals surface area (Å²) in [5, 5.41) is 8.43. The molecular weight excluding hydrogens is 373 g/mol. The Morgan fingerprint density at radius 3 is 2.40 bits per heavy atom. The molecule has 0 saturated heterocycles. The number of nitriles is 1. The first kappa shape index (κ1) is 22.8. The van der Waals surface area contributed by atoms with E-state index in [0.717, 1.165) is 38.2 Å². The van der Waals surface area contributed by atoms with Gasteiger partial charge in [0.05, 0.1) is 6.10 Å². The Morgan fingerprint density at radius 1 is 1.07 bits per heavy atom. The van der Waals surface area contributed by atoms with Crippen LogP contribution in [0.1, 0.15) is 81.8 Å². The zero-order valence-corrected chi connectivity index (χ0v) is 18.4. The van der Waals surface area contributed by atoms with Gasteiger partial charge >= 0.3 is 0 Å². The van der Waals surface area contributed by atoms with Gasteiger partial charge in [-0.2, -0.15) is 9.65 Å². The van der Waals surface area contributed by atoms with Crippen molar-refractivity contribution < 1.29 is 9.13 Å². The van der Waals surface area contributed by atoms with Crippen molar-refractivity contribution in [3.8, 4) is 6.07 Å². The number of hydrogen-bond donors (Lipinski definition) is 0. The smallest absolute Gasteiger partial charge is 0.199 e. The van der Waals surface area contributed by atoms with Gasteiger partial charge in [0.15, 0.2) is 5.83 Å². The molecule has 0 atom stereocenters. The summed E-state index contributed by atoms with van der Waals surface area (Å²) >= 11 is 0. The number of aryl methyl sites for hydroxylation is 1. The zero-order chi connectivity index (χ0) is 21.2. The molecule has 0 bridgehead atoms. The van der Waals surface area contributed by atoms with E-state index >= 15 is 0 Å². The Balaban J connectivity index is 1.33. The van der Waals surface area contributed by atoms with E-state index < -0.39 is 5.83 Å². The van der Waals surface area contributed by atoms with Gasteiger partial charge in [-0.05, 0) is 92.7 Å². The van der Waals surface area contributed by atoms with Gasteiger partial charge < -0.3 is 4.74 Å². The van der Waals surface area contributed by atoms with Gasteiger partial charge in [0.2, 0.25) is 0 Å². The Kier molecular flexibility index (Phi) is 9.15. The highest BCUT2D eigenvalue weighted by molar-refractivity contribution is 5.26. The van der Waals surface area contributed by atoms with Gasteiger partial charge in [-0.25, -0.2) is 0 Å². The third kappa shape index (κ3) is 7.10. The molecule has 2 saturated carbocycles. The fraction of sp³-hybridized carbons (Fsp3) is 0.593. The molecule has 0 unspecified atom stereocenters. The summed E-state index contributed by atoms with van der Waals surface area (Å²) in [6.07, 6.45) is 17.2. The van der Waals surface area contributed by atoms with Crippen LogP contribution in [0.15, 0.2) is 48.3 Å². The van der Waals surface area contributed by atoms with E-state index in [1.54, 1.807) is 6.08 Å². The van der Waals surface area contributed by atoms with Gasteiger partial charge in [0, 0.05) is 6.61 Å². The summed E-state index contributed by atoms with van der Waals surface area (Å²) in [5.41, 5.74) is 2.98. The second-order valence-corrected chi connectivity index (χ2v) is 9.09. The van der Waals surface area contributed by atoms with E-state index in [2.05, 4.69) is 31.2 Å². The molecule has 2 fully saturated rings. The Bertz CT molecular complexity index is 729. The molecule has 30 heavy (non-hydrogen) atoms. The van der Waals surface area contributed by atoms with Crippen LogP contribution in [0.25, 0.3) is 0 Å². The number of rotatable bonds is 8. The van der Waals surface area contributed by atoms with Crippen LogP contribution in [0.5, 0.6) is 0 Å². The third-order valence-electron chi connectivity index (χ3n) is 6.86. The van der Waals surface area contributed by atoms with Crippen LogP contribution in [-0.2, 0) is 11.2 Å². The maximum atomic E-state index is 12.8. The second kappa shape index (κ2) is 12.1. The van der Waals surface area contributed by atoms with Crippen LogP contribution >= 0.6 is 0 Å². The standard InChI is InChI=1S/C27H36FNO/c1-2-4-21-7-13-24(14-8-21)25-15-9-23(10-16-25)20-30-27-17-11-22(12-18-27)5-3-6-26(28)19-29/h3,5-8,13-14,22-23,25,27H,2,4,9-12,15-18,20H2,1H3/b5-3+,26-6-/t22-,23-,25-,27-. The maximum Gasteiger partial charge on any atom is 0.199 e. The van der Waals surface area contributed by atoms with Crippen LogP contribution in [-0.4, -0.2) is 12.7 Å². The lowest BCUT2D eigenvalue weighted by Gasteiger charge is -2.32. The van der Waals surface area contributed by atoms with Crippen LogP contribution in [0.2, 0.25) is 0 Å². The van der Waals surface area contributed by atoms with Crippen LogP contribution < -0.4 is 0 Å². The molecule has 0 spiro atoms. The number of halogens is 1. The predicted octanol–water partition coefficient (Wildman–Crippen LogP) is 7.42. The zero-order valence-electron chi connectivity index (χ0n) is 18.4. The lowest BCUT2D eigenvalue weighted by Crippen LogP contribution is -2.25. The van der Waals surface area contributed by atoms with Crippen molar-refractivity contribution in [3.63, 3.8) is 0 Å². The molecule has 0 aromatic heterocycles. The Morgan fingerprint density at radius 2 is 1.77 bits per heavy atom. The molecule has 3 rings (SSSR count). The van der Waals surface area contributed by atoms with Crippen molar-refractivity contribution >= 4 is 0 Å². The van der Waals surface area contributed by atoms with Crippen LogP contribution in [0.4, 0.5) is 4.39 Å². The minimum Gasteiger partial charge on any atom is -0.378 e. The number of ether oxygens (including phenoxy) is 1. The molecule has 1 aromatic rings. The Labute approximate surface area is 181 Å². The van der Waals surface area contributed by atoms with Crippen molar-refractivity contribution in [2.75, 3.05) is 6.61 Å². The van der Waals surface area contributed by atoms with E-state index in [9.17, 15) is 4.39 Å². The SMILES string of the molecule is CCCc1ccc([C@H]2CC[C@H](CO[C@H]3CC[C@H](/C=C/C=C(\F)C#N)CC3)CC2)cc1. The fourth-order valence-electron chi connectivity index (χ4n) is 4.96. The van der Waals surface area contributed by atoms with E-state index in [1.807, 2.05) is 6.08 Å². The number of benzene rings is 1. The van der Waals surface area contributed by atoms with E-state index in [0.29, 0.717) is 17.9 Å². The summed E-state index contributed by atoms with van der Waals surface area (Å²) in [6, 6.07) is 10.8. The normalized spacial score (nSPS) is 27.8. The van der Waals surface area contributed by atoms with E-state index in [4.69, 9.17) is 10.00 Å². The molecule has 2 nitrogen and oxygen atoms in total. The average Bonchev–Trinajstić information content (AvgIpc) is 2.79. The molecule has 0 radical (unpaired) electrons. The lowest BCUT2D eigenvalue weighted by molar-refractivity contribution is -0.00456. The first-order chi connectivity index (χ1) is 14.7. The molecule has 2 aliphatic rings. The summed E-state index contributed by atoms with van der Waals surface area (Å²) in [7, 11) is 0. The first-order valence-electron chi connectivity index (χ1n) is 11.8. The molecule has 1 aromatic carbocycles. The molecule has 0 aliphatic heterocycles. The largest absolute Gasteiger partial charge is 0.378 e. The number of hydrogen-bond acceptors (Lipinski definition) is 2. The summed E-state index contributed by atoms with van der Waals surface area (Å²) in [6.45, 7) is 3.14. The van der Waals surface area contributed by atoms with Crippen molar-refractivity contribution in [3.05, 3.63) is 59.4 Å². The van der Waals surface area contributed by atoms with Gasteiger partial charge in [-0.1, -0.05) is 49.8 Å². The molecule has 162 valence electrons. The maximum absolute atomic E-state index is 12.8. The predicted molar refractivity (Wildman–Crippen MR) is 121 cm³/mol. The molecule has 3 heteroatoms. The summed E-state index contributed by atoms with van der Waals surface area (Å²) < 4.78 is 19.1. The molecular formula is C27H36FNO. The topological polar surface area (TPSA) is 33.0 Å². The minimum atomic E-state index is -0.730. The highest BCUT2D eigenvalue weighted by Gasteiger charge is 2.25. The highest BCUT2D eigenvalue weighted by atomic mass is 19.1. The first-order valence-corrected chi connectivity index (χ1v) is 11.8. The molecule has 2 aliphatic carbocycles. The van der Waals surface area contributed by atoms with Crippen LogP contribution in [0, 0.1) is 23.2 Å². The molecule has 0 heterocycles. The Hall–Kier alpha value is -1.92. The van der Waals surface area contributed by atoms with Crippen molar-refractivity contribution in [1.82, 2.24) is 0 Å². The van der Waals surface area contributed by atoms with Gasteiger partial charge in [0.25, 0.3) is 0 Å². The van der Waals surface area contributed by atoms with Gasteiger partial charge in [-0.3, -0.25) is 0 Å². The highest BCUT2D eigenvalue weighted by Crippen LogP contribution is 2.36. The van der Waals surface area contributed by atoms with Crippen molar-refractivity contribution in [2.45, 2.75) is 83.2 Å². The monoisotopic (exact) mass is 409 g/mol. The quantitative estimate of drug-likeness (QED) is 0.330. The second-order valence-electron chi connectivity index (χ2n) is 9.09. The lowest BCUT2D eigenvalue weighted by atomic mass is 9.79. The summed E-state index contributed by atoms with van der Waals surface area (Å²) in [4.78, 5) is 0. The third-order valence-corrected chi connectivity index (χ3v) is 6.86. The average molecular weight is 410 g/mol. The van der Waals surface area contributed by atoms with Crippen LogP contribution in [0.3, 0.4) is 0 Å². The van der Waals surface area contributed by atoms with Crippen molar-refractivity contribution in [1.29, 1.82) is 5.26 Å². The number of allylic oxidation sites excluding steroid dienone is 4. The van der Waals surface area contributed by atoms with E-state index in [-0.39, 0.29) is 0 Å². The molecule has 0 amide bonds. The molecule has 0 N–H and O–H groups in total. The summed E-state index contributed by atoms with van der Waals surface area (Å²) in [5.74, 6) is 1.18. The fourth-order valence-corrected chi connectivity index (χ4v) is 4.96. The van der Waals surface area contributed by atoms with Gasteiger partial charge in [0.1, 0.15) is 6.07 Å².